The maximum atomic E-state index is 11.3. The number of carboxylic acid groups (broad SMARTS) is 1. The first-order valence-electron chi connectivity index (χ1n) is 9.15. The summed E-state index contributed by atoms with van der Waals surface area (Å²) in [5.74, 6) is 7.11. The Morgan fingerprint density at radius 3 is 2.96 bits per heavy atom. The third-order valence-electron chi connectivity index (χ3n) is 4.88. The summed E-state index contributed by atoms with van der Waals surface area (Å²) < 4.78 is 0. The van der Waals surface area contributed by atoms with Gasteiger partial charge in [-0.3, -0.25) is 0 Å². The van der Waals surface area contributed by atoms with Crippen LogP contribution in [0.4, 0.5) is 16.3 Å². The maximum Gasteiger partial charge on any atom is 0.421 e. The van der Waals surface area contributed by atoms with Crippen molar-refractivity contribution in [2.24, 2.45) is 17.7 Å². The fourth-order valence-corrected chi connectivity index (χ4v) is 3.63. The fraction of sp³-hybridized carbons (Fsp3) is 0.667. The van der Waals surface area contributed by atoms with Crippen LogP contribution in [0.1, 0.15) is 40.0 Å². The molecular weight excluding hydrogens is 318 g/mol. The first kappa shape index (κ1) is 19.3. The summed E-state index contributed by atoms with van der Waals surface area (Å²) in [5, 5.41) is 13.6. The highest BCUT2D eigenvalue weighted by Crippen LogP contribution is 2.30. The molecule has 1 aliphatic heterocycles. The van der Waals surface area contributed by atoms with E-state index in [1.807, 2.05) is 26.1 Å². The van der Waals surface area contributed by atoms with E-state index in [1.165, 1.54) is 0 Å². The summed E-state index contributed by atoms with van der Waals surface area (Å²) in [4.78, 5) is 18.0. The second kappa shape index (κ2) is 8.89. The zero-order valence-corrected chi connectivity index (χ0v) is 15.5. The summed E-state index contributed by atoms with van der Waals surface area (Å²) >= 11 is 0. The van der Waals surface area contributed by atoms with Crippen LogP contribution in [-0.4, -0.2) is 46.9 Å². The standard InChI is InChI=1S/C18H31N5O2/c1-4-5-8-20-16-11-15(6-9-21-16)22-10-7-14(12-22)17(13(2)3)23(19)18(24)25/h6,9,11,13-14,17H,4-5,7-8,10,12,19H2,1-3H3,(H,20,21)(H,24,25)/t14?,17-/m1/s1. The van der Waals surface area contributed by atoms with Gasteiger partial charge in [-0.2, -0.15) is 0 Å². The van der Waals surface area contributed by atoms with Crippen molar-refractivity contribution >= 4 is 17.6 Å². The van der Waals surface area contributed by atoms with Gasteiger partial charge in [0.05, 0.1) is 6.04 Å². The minimum atomic E-state index is -1.07. The Morgan fingerprint density at radius 2 is 2.32 bits per heavy atom. The molecule has 0 aromatic carbocycles. The molecule has 2 atom stereocenters. The van der Waals surface area contributed by atoms with Gasteiger partial charge in [0.25, 0.3) is 0 Å². The Balaban J connectivity index is 2.04. The van der Waals surface area contributed by atoms with Crippen LogP contribution in [-0.2, 0) is 0 Å². The molecule has 1 unspecified atom stereocenters. The molecule has 25 heavy (non-hydrogen) atoms. The summed E-state index contributed by atoms with van der Waals surface area (Å²) in [5.41, 5.74) is 1.12. The molecule has 1 saturated heterocycles. The van der Waals surface area contributed by atoms with Crippen molar-refractivity contribution in [3.8, 4) is 0 Å². The number of nitrogens with two attached hydrogens (primary N) is 1. The lowest BCUT2D eigenvalue weighted by atomic mass is 9.89. The second-order valence-electron chi connectivity index (χ2n) is 7.10. The molecule has 0 radical (unpaired) electrons. The van der Waals surface area contributed by atoms with Crippen molar-refractivity contribution in [2.75, 3.05) is 29.9 Å². The van der Waals surface area contributed by atoms with Crippen LogP contribution in [0, 0.1) is 11.8 Å². The molecular formula is C18H31N5O2. The molecule has 1 aromatic heterocycles. The van der Waals surface area contributed by atoms with Crippen LogP contribution in [0.15, 0.2) is 18.3 Å². The monoisotopic (exact) mass is 349 g/mol. The molecule has 4 N–H and O–H groups in total. The number of amides is 1. The first-order valence-corrected chi connectivity index (χ1v) is 9.15. The van der Waals surface area contributed by atoms with Gasteiger partial charge < -0.3 is 15.3 Å². The zero-order valence-electron chi connectivity index (χ0n) is 15.5. The molecule has 0 bridgehead atoms. The number of carbonyl (C=O) groups is 1. The Hall–Kier alpha value is -2.02. The number of anilines is 2. The molecule has 0 saturated carbocycles. The van der Waals surface area contributed by atoms with Gasteiger partial charge in [0.1, 0.15) is 5.82 Å². The topological polar surface area (TPSA) is 94.7 Å². The van der Waals surface area contributed by atoms with Gasteiger partial charge in [0, 0.05) is 43.5 Å². The van der Waals surface area contributed by atoms with Crippen molar-refractivity contribution in [1.29, 1.82) is 0 Å². The third kappa shape index (κ3) is 4.98. The zero-order chi connectivity index (χ0) is 18.4. The largest absolute Gasteiger partial charge is 0.464 e. The Kier molecular flexibility index (Phi) is 6.87. The molecule has 2 heterocycles. The smallest absolute Gasteiger partial charge is 0.421 e. The maximum absolute atomic E-state index is 11.3. The predicted molar refractivity (Wildman–Crippen MR) is 101 cm³/mol. The van der Waals surface area contributed by atoms with Gasteiger partial charge in [0.2, 0.25) is 0 Å². The molecule has 2 rings (SSSR count). The molecule has 7 heteroatoms. The molecule has 1 fully saturated rings. The summed E-state index contributed by atoms with van der Waals surface area (Å²) in [7, 11) is 0. The van der Waals surface area contributed by atoms with Crippen molar-refractivity contribution in [3.63, 3.8) is 0 Å². The molecule has 1 aromatic rings. The predicted octanol–water partition coefficient (Wildman–Crippen LogP) is 3.00. The van der Waals surface area contributed by atoms with E-state index in [0.717, 1.165) is 55.4 Å². The number of hydrogen-bond acceptors (Lipinski definition) is 5. The van der Waals surface area contributed by atoms with Gasteiger partial charge in [-0.05, 0) is 24.8 Å². The van der Waals surface area contributed by atoms with E-state index in [-0.39, 0.29) is 17.9 Å². The Labute approximate surface area is 150 Å². The number of hydrazine groups is 1. The van der Waals surface area contributed by atoms with E-state index in [1.54, 1.807) is 0 Å². The highest BCUT2D eigenvalue weighted by atomic mass is 16.4. The van der Waals surface area contributed by atoms with Crippen molar-refractivity contribution in [1.82, 2.24) is 9.99 Å². The number of aromatic nitrogens is 1. The van der Waals surface area contributed by atoms with E-state index in [0.29, 0.717) is 0 Å². The minimum Gasteiger partial charge on any atom is -0.464 e. The lowest BCUT2D eigenvalue weighted by molar-refractivity contribution is 0.0878. The number of pyridine rings is 1. The van der Waals surface area contributed by atoms with Gasteiger partial charge in [-0.15, -0.1) is 0 Å². The van der Waals surface area contributed by atoms with Gasteiger partial charge in [-0.25, -0.2) is 20.6 Å². The van der Waals surface area contributed by atoms with E-state index >= 15 is 0 Å². The third-order valence-corrected chi connectivity index (χ3v) is 4.88. The van der Waals surface area contributed by atoms with Gasteiger partial charge in [0.15, 0.2) is 0 Å². The van der Waals surface area contributed by atoms with E-state index in [4.69, 9.17) is 5.84 Å². The number of hydrogen-bond donors (Lipinski definition) is 3. The normalized spacial score (nSPS) is 18.4. The summed E-state index contributed by atoms with van der Waals surface area (Å²) in [6.45, 7) is 8.85. The second-order valence-corrected chi connectivity index (χ2v) is 7.10. The highest BCUT2D eigenvalue weighted by Gasteiger charge is 2.36. The van der Waals surface area contributed by atoms with Crippen LogP contribution in [0.2, 0.25) is 0 Å². The number of nitrogens with zero attached hydrogens (tertiary/aromatic N) is 3. The first-order chi connectivity index (χ1) is 11.9. The Bertz CT molecular complexity index is 566. The summed E-state index contributed by atoms with van der Waals surface area (Å²) in [6.07, 6.45) is 3.96. The molecule has 0 spiro atoms. The summed E-state index contributed by atoms with van der Waals surface area (Å²) in [6, 6.07) is 3.90. The van der Waals surface area contributed by atoms with Crippen molar-refractivity contribution < 1.29 is 9.90 Å². The number of rotatable bonds is 8. The average Bonchev–Trinajstić information content (AvgIpc) is 3.04. The van der Waals surface area contributed by atoms with E-state index in [9.17, 15) is 9.90 Å². The molecule has 1 amide bonds. The highest BCUT2D eigenvalue weighted by molar-refractivity contribution is 5.64. The molecule has 0 aliphatic carbocycles. The van der Waals surface area contributed by atoms with Crippen LogP contribution in [0.3, 0.4) is 0 Å². The fourth-order valence-electron chi connectivity index (χ4n) is 3.63. The molecule has 140 valence electrons. The van der Waals surface area contributed by atoms with Crippen LogP contribution in [0.25, 0.3) is 0 Å². The lowest BCUT2D eigenvalue weighted by Crippen LogP contribution is -2.51. The number of nitrogens with one attached hydrogen (secondary N) is 1. The van der Waals surface area contributed by atoms with Crippen LogP contribution >= 0.6 is 0 Å². The number of unbranched alkanes of at least 4 members (excludes halogenated alkanes) is 1. The SMILES string of the molecule is CCCCNc1cc(N2CCC([C@@H](C(C)C)N(N)C(=O)O)C2)ccn1. The van der Waals surface area contributed by atoms with Crippen LogP contribution < -0.4 is 16.1 Å². The van der Waals surface area contributed by atoms with Crippen molar-refractivity contribution in [3.05, 3.63) is 18.3 Å². The quantitative estimate of drug-likeness (QED) is 0.289. The Morgan fingerprint density at radius 1 is 1.56 bits per heavy atom. The van der Waals surface area contributed by atoms with E-state index < -0.39 is 6.09 Å². The lowest BCUT2D eigenvalue weighted by Gasteiger charge is -2.33. The van der Waals surface area contributed by atoms with Crippen molar-refractivity contribution in [2.45, 2.75) is 46.1 Å². The molecule has 1 aliphatic rings. The van der Waals surface area contributed by atoms with E-state index in [2.05, 4.69) is 28.2 Å². The van der Waals surface area contributed by atoms with Crippen LogP contribution in [0.5, 0.6) is 0 Å². The average molecular weight is 349 g/mol. The van der Waals surface area contributed by atoms with Gasteiger partial charge >= 0.3 is 6.09 Å². The minimum absolute atomic E-state index is 0.175. The molecule has 7 nitrogen and oxygen atoms in total. The van der Waals surface area contributed by atoms with Gasteiger partial charge in [-0.1, -0.05) is 27.2 Å².